The van der Waals surface area contributed by atoms with Crippen LogP contribution in [0.5, 0.6) is 0 Å². The molecule has 12 heavy (non-hydrogen) atoms. The third-order valence-corrected chi connectivity index (χ3v) is 1.64. The third kappa shape index (κ3) is 1.65. The quantitative estimate of drug-likeness (QED) is 0.482. The van der Waals surface area contributed by atoms with Crippen molar-refractivity contribution in [2.75, 3.05) is 6.54 Å². The normalized spacial score (nSPS) is 16.8. The molecule has 0 aromatic carbocycles. The van der Waals surface area contributed by atoms with Crippen molar-refractivity contribution in [2.24, 2.45) is 0 Å². The number of rotatable bonds is 2. The zero-order valence-electron chi connectivity index (χ0n) is 5.71. The van der Waals surface area contributed by atoms with Crippen LogP contribution in [0.1, 0.15) is 0 Å². The second-order valence-corrected chi connectivity index (χ2v) is 2.91. The minimum Gasteiger partial charge on any atom is -0.279 e. The number of carbonyl (C=O) groups excluding carboxylic acids is 3. The van der Waals surface area contributed by atoms with E-state index in [4.69, 9.17) is 23.2 Å². The molecule has 0 fully saturated rings. The lowest BCUT2D eigenvalue weighted by molar-refractivity contribution is -0.139. The van der Waals surface area contributed by atoms with Crippen LogP contribution < -0.4 is 0 Å². The molecule has 6 heteroatoms. The highest BCUT2D eigenvalue weighted by Gasteiger charge is 2.30. The fourth-order valence-corrected chi connectivity index (χ4v) is 1.07. The summed E-state index contributed by atoms with van der Waals surface area (Å²) in [6.07, 6.45) is 0.948. The second-order valence-electron chi connectivity index (χ2n) is 2.08. The van der Waals surface area contributed by atoms with Gasteiger partial charge in [-0.15, -0.1) is 0 Å². The van der Waals surface area contributed by atoms with Gasteiger partial charge < -0.3 is 0 Å². The van der Waals surface area contributed by atoms with E-state index in [1.165, 1.54) is 0 Å². The Morgan fingerprint density at radius 3 is 2.42 bits per heavy atom. The van der Waals surface area contributed by atoms with E-state index in [0.717, 1.165) is 6.08 Å². The standard InChI is InChI=1S/C6H3Cl2NO3/c7-3-1-5(11)9(6(3)12)2-4(8)10/h1H,2H2. The van der Waals surface area contributed by atoms with E-state index < -0.39 is 23.6 Å². The van der Waals surface area contributed by atoms with E-state index in [1.807, 2.05) is 0 Å². The molecule has 0 saturated heterocycles. The van der Waals surface area contributed by atoms with Crippen molar-refractivity contribution in [3.8, 4) is 0 Å². The molecule has 1 heterocycles. The van der Waals surface area contributed by atoms with Gasteiger partial charge in [-0.05, 0) is 11.6 Å². The highest BCUT2D eigenvalue weighted by molar-refractivity contribution is 6.64. The zero-order chi connectivity index (χ0) is 9.30. The topological polar surface area (TPSA) is 54.5 Å². The summed E-state index contributed by atoms with van der Waals surface area (Å²) in [5, 5.41) is -0.977. The molecule has 0 radical (unpaired) electrons. The molecular formula is C6H3Cl2NO3. The van der Waals surface area contributed by atoms with Crippen LogP contribution in [0.2, 0.25) is 0 Å². The molecule has 0 atom stereocenters. The lowest BCUT2D eigenvalue weighted by atomic mass is 10.5. The Hall–Kier alpha value is -0.870. The monoisotopic (exact) mass is 207 g/mol. The van der Waals surface area contributed by atoms with Gasteiger partial charge in [0.1, 0.15) is 11.6 Å². The van der Waals surface area contributed by atoms with Crippen LogP contribution in [0, 0.1) is 0 Å². The minimum absolute atomic E-state index is 0.196. The Bertz CT molecular complexity index is 297. The van der Waals surface area contributed by atoms with Gasteiger partial charge >= 0.3 is 0 Å². The zero-order valence-corrected chi connectivity index (χ0v) is 7.22. The van der Waals surface area contributed by atoms with E-state index in [0.29, 0.717) is 4.90 Å². The smallest absolute Gasteiger partial charge is 0.272 e. The third-order valence-electron chi connectivity index (χ3n) is 1.25. The van der Waals surface area contributed by atoms with Gasteiger partial charge in [-0.2, -0.15) is 0 Å². The molecule has 1 aliphatic heterocycles. The average Bonchev–Trinajstić information content (AvgIpc) is 2.16. The predicted molar refractivity (Wildman–Crippen MR) is 41.5 cm³/mol. The van der Waals surface area contributed by atoms with Gasteiger partial charge in [-0.25, -0.2) is 0 Å². The van der Waals surface area contributed by atoms with Crippen LogP contribution in [0.3, 0.4) is 0 Å². The molecule has 0 N–H and O–H groups in total. The highest BCUT2D eigenvalue weighted by atomic mass is 35.5. The van der Waals surface area contributed by atoms with Crippen molar-refractivity contribution < 1.29 is 14.4 Å². The van der Waals surface area contributed by atoms with Crippen LogP contribution in [0.25, 0.3) is 0 Å². The van der Waals surface area contributed by atoms with Gasteiger partial charge in [-0.1, -0.05) is 11.6 Å². The summed E-state index contributed by atoms with van der Waals surface area (Å²) >= 11 is 10.3. The average molecular weight is 208 g/mol. The van der Waals surface area contributed by atoms with Gasteiger partial charge in [0, 0.05) is 6.08 Å². The highest BCUT2D eigenvalue weighted by Crippen LogP contribution is 2.15. The molecule has 0 unspecified atom stereocenters. The van der Waals surface area contributed by atoms with E-state index in [9.17, 15) is 14.4 Å². The van der Waals surface area contributed by atoms with Crippen LogP contribution in [-0.2, 0) is 14.4 Å². The first kappa shape index (κ1) is 9.22. The number of nitrogens with zero attached hydrogens (tertiary/aromatic N) is 1. The molecule has 1 rings (SSSR count). The number of hydrogen-bond acceptors (Lipinski definition) is 3. The maximum absolute atomic E-state index is 10.9. The SMILES string of the molecule is O=C(Cl)CN1C(=O)C=C(Cl)C1=O. The molecule has 4 nitrogen and oxygen atoms in total. The largest absolute Gasteiger partial charge is 0.279 e. The van der Waals surface area contributed by atoms with Gasteiger partial charge in [0.15, 0.2) is 0 Å². The summed E-state index contributed by atoms with van der Waals surface area (Å²) in [6.45, 7) is -0.439. The summed E-state index contributed by atoms with van der Waals surface area (Å²) in [6, 6.07) is 0. The summed E-state index contributed by atoms with van der Waals surface area (Å²) < 4.78 is 0. The number of hydrogen-bond donors (Lipinski definition) is 0. The fraction of sp³-hybridized carbons (Fsp3) is 0.167. The number of imide groups is 1. The number of amides is 2. The minimum atomic E-state index is -0.781. The Kier molecular flexibility index (Phi) is 2.49. The maximum atomic E-state index is 10.9. The summed E-state index contributed by atoms with van der Waals surface area (Å²) in [4.78, 5) is 32.8. The summed E-state index contributed by atoms with van der Waals surface area (Å²) in [5.74, 6) is -1.30. The Morgan fingerprint density at radius 1 is 1.50 bits per heavy atom. The van der Waals surface area contributed by atoms with Gasteiger partial charge in [0.05, 0.1) is 0 Å². The van der Waals surface area contributed by atoms with Gasteiger partial charge in [-0.3, -0.25) is 19.3 Å². The first-order valence-electron chi connectivity index (χ1n) is 2.93. The van der Waals surface area contributed by atoms with Crippen LogP contribution in [-0.4, -0.2) is 28.5 Å². The Morgan fingerprint density at radius 2 is 2.08 bits per heavy atom. The van der Waals surface area contributed by atoms with E-state index in [1.54, 1.807) is 0 Å². The van der Waals surface area contributed by atoms with Crippen molar-refractivity contribution in [1.29, 1.82) is 0 Å². The number of halogens is 2. The maximum Gasteiger partial charge on any atom is 0.272 e. The predicted octanol–water partition coefficient (Wildman–Crippen LogP) is 0.243. The second kappa shape index (κ2) is 3.25. The van der Waals surface area contributed by atoms with E-state index >= 15 is 0 Å². The first-order chi connectivity index (χ1) is 5.52. The molecule has 0 bridgehead atoms. The first-order valence-corrected chi connectivity index (χ1v) is 3.69. The Balaban J connectivity index is 2.77. The summed E-state index contributed by atoms with van der Waals surface area (Å²) in [7, 11) is 0. The van der Waals surface area contributed by atoms with Crippen LogP contribution in [0.15, 0.2) is 11.1 Å². The molecule has 0 saturated carbocycles. The molecule has 0 aliphatic carbocycles. The molecule has 0 aromatic rings. The van der Waals surface area contributed by atoms with Gasteiger partial charge in [0.25, 0.3) is 11.8 Å². The summed E-state index contributed by atoms with van der Waals surface area (Å²) in [5.41, 5.74) is 0. The number of carbonyl (C=O) groups is 3. The Labute approximate surface area is 77.7 Å². The molecule has 0 aromatic heterocycles. The van der Waals surface area contributed by atoms with Crippen LogP contribution in [0.4, 0.5) is 0 Å². The van der Waals surface area contributed by atoms with Crippen molar-refractivity contribution in [3.05, 3.63) is 11.1 Å². The van der Waals surface area contributed by atoms with Crippen molar-refractivity contribution in [3.63, 3.8) is 0 Å². The lowest BCUT2D eigenvalue weighted by Gasteiger charge is -2.09. The molecular weight excluding hydrogens is 205 g/mol. The molecule has 1 aliphatic rings. The van der Waals surface area contributed by atoms with Crippen molar-refractivity contribution >= 4 is 40.3 Å². The van der Waals surface area contributed by atoms with E-state index in [2.05, 4.69) is 0 Å². The van der Waals surface area contributed by atoms with Crippen LogP contribution >= 0.6 is 23.2 Å². The van der Waals surface area contributed by atoms with E-state index in [-0.39, 0.29) is 5.03 Å². The molecule has 0 spiro atoms. The fourth-order valence-electron chi connectivity index (χ4n) is 0.751. The van der Waals surface area contributed by atoms with Crippen molar-refractivity contribution in [1.82, 2.24) is 4.90 Å². The van der Waals surface area contributed by atoms with Crippen molar-refractivity contribution in [2.45, 2.75) is 0 Å². The lowest BCUT2D eigenvalue weighted by Crippen LogP contribution is -2.34. The van der Waals surface area contributed by atoms with Gasteiger partial charge in [0.2, 0.25) is 5.24 Å². The molecule has 2 amide bonds. The molecule has 64 valence electrons.